The fourth-order valence-electron chi connectivity index (χ4n) is 1.68. The lowest BCUT2D eigenvalue weighted by Gasteiger charge is -2.01. The first-order valence-electron chi connectivity index (χ1n) is 5.98. The molecule has 0 spiro atoms. The van der Waals surface area contributed by atoms with Gasteiger partial charge in [-0.05, 0) is 17.9 Å². The van der Waals surface area contributed by atoms with Gasteiger partial charge in [-0.2, -0.15) is 0 Å². The quantitative estimate of drug-likeness (QED) is 0.444. The van der Waals surface area contributed by atoms with E-state index in [4.69, 9.17) is 16.9 Å². The molecule has 1 aromatic carbocycles. The number of nitrogens with zero attached hydrogens (tertiary/aromatic N) is 1. The molecule has 0 amide bonds. The van der Waals surface area contributed by atoms with E-state index in [1.807, 2.05) is 42.7 Å². The van der Waals surface area contributed by atoms with Gasteiger partial charge in [0.25, 0.3) is 0 Å². The zero-order valence-electron chi connectivity index (χ0n) is 11.5. The van der Waals surface area contributed by atoms with Gasteiger partial charge in [0.05, 0.1) is 15.6 Å². The number of nitrogens with two attached hydrogens (primary N) is 2. The second-order valence-electron chi connectivity index (χ2n) is 4.12. The first-order valence-corrected chi connectivity index (χ1v) is 8.02. The van der Waals surface area contributed by atoms with Gasteiger partial charge < -0.3 is 11.5 Å². The molecule has 5 N–H and O–H groups in total. The summed E-state index contributed by atoms with van der Waals surface area (Å²) in [5, 5.41) is 7.50. The highest BCUT2D eigenvalue weighted by Gasteiger charge is 2.13. The number of benzene rings is 1. The Labute approximate surface area is 138 Å². The molecule has 0 saturated carbocycles. The number of nitrogen functional groups attached to an aromatic ring is 1. The van der Waals surface area contributed by atoms with E-state index < -0.39 is 0 Å². The Morgan fingerprint density at radius 3 is 2.52 bits per heavy atom. The number of halogens is 1. The summed E-state index contributed by atoms with van der Waals surface area (Å²) in [6.45, 7) is 0.547. The van der Waals surface area contributed by atoms with E-state index >= 15 is 0 Å². The number of rotatable bonds is 5. The number of thiophene rings is 1. The van der Waals surface area contributed by atoms with Crippen LogP contribution in [-0.2, 0) is 6.54 Å². The van der Waals surface area contributed by atoms with E-state index in [0.717, 1.165) is 20.2 Å². The van der Waals surface area contributed by atoms with Gasteiger partial charge in [0.1, 0.15) is 11.7 Å². The van der Waals surface area contributed by atoms with E-state index in [0.29, 0.717) is 12.4 Å². The van der Waals surface area contributed by atoms with Crippen molar-refractivity contribution in [3.8, 4) is 0 Å². The van der Waals surface area contributed by atoms with Crippen LogP contribution in [0.3, 0.4) is 0 Å². The second kappa shape index (κ2) is 8.07. The molecule has 4 nitrogen and oxygen atoms in total. The molecule has 1 heterocycles. The van der Waals surface area contributed by atoms with Crippen LogP contribution < -0.4 is 11.5 Å². The molecule has 112 valence electrons. The molecule has 1 aromatic heterocycles. The monoisotopic (exact) mass is 340 g/mol. The molecule has 2 aromatic rings. The molecule has 7 heteroatoms. The fourth-order valence-corrected chi connectivity index (χ4v) is 3.43. The molecule has 0 radical (unpaired) electrons. The summed E-state index contributed by atoms with van der Waals surface area (Å²) in [5.41, 5.74) is 13.6. The van der Waals surface area contributed by atoms with Crippen LogP contribution in [0.2, 0.25) is 0 Å². The summed E-state index contributed by atoms with van der Waals surface area (Å²) < 4.78 is 1.03. The van der Waals surface area contributed by atoms with Crippen LogP contribution in [0.1, 0.15) is 16.0 Å². The molecule has 0 aliphatic heterocycles. The van der Waals surface area contributed by atoms with Gasteiger partial charge >= 0.3 is 0 Å². The van der Waals surface area contributed by atoms with Crippen LogP contribution in [0, 0.1) is 5.41 Å². The van der Waals surface area contributed by atoms with Crippen LogP contribution in [0.15, 0.2) is 45.6 Å². The van der Waals surface area contributed by atoms with Crippen LogP contribution in [-0.4, -0.2) is 17.9 Å². The van der Waals surface area contributed by atoms with Gasteiger partial charge in [-0.3, -0.25) is 10.4 Å². The predicted octanol–water partition coefficient (Wildman–Crippen LogP) is 3.08. The van der Waals surface area contributed by atoms with Crippen molar-refractivity contribution in [3.63, 3.8) is 0 Å². The summed E-state index contributed by atoms with van der Waals surface area (Å²) in [6.07, 6.45) is 1.98. The van der Waals surface area contributed by atoms with Crippen LogP contribution in [0.25, 0.3) is 0 Å². The van der Waals surface area contributed by atoms with E-state index in [2.05, 4.69) is 4.99 Å². The Morgan fingerprint density at radius 1 is 1.29 bits per heavy atom. The summed E-state index contributed by atoms with van der Waals surface area (Å²) in [7, 11) is 0. The van der Waals surface area contributed by atoms with Gasteiger partial charge in [0.15, 0.2) is 0 Å². The Balaban J connectivity index is 0.00000220. The number of thioether (sulfide) groups is 1. The Morgan fingerprint density at radius 2 is 1.95 bits per heavy atom. The third kappa shape index (κ3) is 4.49. The molecule has 0 aliphatic rings. The van der Waals surface area contributed by atoms with Crippen molar-refractivity contribution in [1.82, 2.24) is 0 Å². The van der Waals surface area contributed by atoms with Crippen LogP contribution >= 0.6 is 35.5 Å². The smallest absolute Gasteiger partial charge is 0.133 e. The summed E-state index contributed by atoms with van der Waals surface area (Å²) in [4.78, 5) is 5.15. The standard InChI is InChI=1S/C14H16N4S2.ClH/c1-19-14-10(7-11(20-14)12(15)16)13(17)18-8-9-5-3-2-4-6-9;/h2-7H,8H2,1H3,(H3,15,16)(H2,17,18);1H. The Bertz CT molecular complexity index is 638. The maximum Gasteiger partial charge on any atom is 0.133 e. The topological polar surface area (TPSA) is 88.2 Å². The molecule has 0 fully saturated rings. The van der Waals surface area contributed by atoms with Crippen molar-refractivity contribution in [1.29, 1.82) is 5.41 Å². The fraction of sp³-hybridized carbons (Fsp3) is 0.143. The number of aliphatic imine (C=N–C) groups is 1. The summed E-state index contributed by atoms with van der Waals surface area (Å²) in [5.74, 6) is 0.550. The Kier molecular flexibility index (Phi) is 6.74. The first-order chi connectivity index (χ1) is 9.61. The normalized spacial score (nSPS) is 11.0. The summed E-state index contributed by atoms with van der Waals surface area (Å²) >= 11 is 3.06. The minimum Gasteiger partial charge on any atom is -0.383 e. The molecular weight excluding hydrogens is 324 g/mol. The first kappa shape index (κ1) is 17.6. The van der Waals surface area contributed by atoms with Gasteiger partial charge in [-0.25, -0.2) is 0 Å². The maximum absolute atomic E-state index is 7.50. The van der Waals surface area contributed by atoms with Gasteiger partial charge in [-0.1, -0.05) is 30.3 Å². The third-order valence-corrected chi connectivity index (χ3v) is 5.00. The largest absolute Gasteiger partial charge is 0.383 e. The molecule has 0 aliphatic carbocycles. The van der Waals surface area contributed by atoms with E-state index in [1.165, 1.54) is 11.3 Å². The zero-order valence-corrected chi connectivity index (χ0v) is 13.9. The highest BCUT2D eigenvalue weighted by Crippen LogP contribution is 2.30. The minimum absolute atomic E-state index is 0. The number of hydrogen-bond donors (Lipinski definition) is 3. The van der Waals surface area contributed by atoms with Crippen LogP contribution in [0.5, 0.6) is 0 Å². The second-order valence-corrected chi connectivity index (χ2v) is 6.24. The van der Waals surface area contributed by atoms with Gasteiger partial charge in [0.2, 0.25) is 0 Å². The Hall–Kier alpha value is -1.50. The van der Waals surface area contributed by atoms with Crippen molar-refractivity contribution in [2.45, 2.75) is 10.8 Å². The highest BCUT2D eigenvalue weighted by atomic mass is 35.5. The minimum atomic E-state index is 0. The number of amidine groups is 2. The van der Waals surface area contributed by atoms with Crippen LogP contribution in [0.4, 0.5) is 0 Å². The molecular formula is C14H17ClN4S2. The zero-order chi connectivity index (χ0) is 14.5. The lowest BCUT2D eigenvalue weighted by Crippen LogP contribution is -2.14. The summed E-state index contributed by atoms with van der Waals surface area (Å²) in [6, 6.07) is 11.8. The molecule has 21 heavy (non-hydrogen) atoms. The number of nitrogens with one attached hydrogen (secondary N) is 1. The molecule has 2 rings (SSSR count). The van der Waals surface area contributed by atoms with Crippen molar-refractivity contribution in [3.05, 3.63) is 52.4 Å². The van der Waals surface area contributed by atoms with Gasteiger partial charge in [0, 0.05) is 5.56 Å². The van der Waals surface area contributed by atoms with Gasteiger partial charge in [-0.15, -0.1) is 35.5 Å². The van der Waals surface area contributed by atoms with E-state index in [-0.39, 0.29) is 18.2 Å². The van der Waals surface area contributed by atoms with Crippen molar-refractivity contribution in [2.75, 3.05) is 6.26 Å². The van der Waals surface area contributed by atoms with E-state index in [9.17, 15) is 0 Å². The average Bonchev–Trinajstić information content (AvgIpc) is 2.90. The SMILES string of the molecule is CSc1sc(C(=N)N)cc1C(N)=NCc1ccccc1.Cl. The number of hydrogen-bond acceptors (Lipinski definition) is 4. The average molecular weight is 341 g/mol. The third-order valence-electron chi connectivity index (χ3n) is 2.70. The van der Waals surface area contributed by atoms with Crippen molar-refractivity contribution in [2.24, 2.45) is 16.5 Å². The highest BCUT2D eigenvalue weighted by molar-refractivity contribution is 8.00. The molecule has 0 unspecified atom stereocenters. The lowest BCUT2D eigenvalue weighted by atomic mass is 10.2. The van der Waals surface area contributed by atoms with Crippen molar-refractivity contribution >= 4 is 47.2 Å². The molecule has 0 saturated heterocycles. The molecule has 0 bridgehead atoms. The lowest BCUT2D eigenvalue weighted by molar-refractivity contribution is 1.06. The molecule has 0 atom stereocenters. The maximum atomic E-state index is 7.50. The predicted molar refractivity (Wildman–Crippen MR) is 95.2 cm³/mol. The van der Waals surface area contributed by atoms with E-state index in [1.54, 1.807) is 11.8 Å². The van der Waals surface area contributed by atoms with Crippen molar-refractivity contribution < 1.29 is 0 Å².